The first-order valence-electron chi connectivity index (χ1n) is 7.28. The zero-order valence-corrected chi connectivity index (χ0v) is 12.0. The largest absolute Gasteiger partial charge is 0.376 e. The highest BCUT2D eigenvalue weighted by Crippen LogP contribution is 2.22. The second kappa shape index (κ2) is 6.87. The SMILES string of the molecule is CCCOC1CCCN(c2cc(C(C)N)ccn2)C1. The minimum Gasteiger partial charge on any atom is -0.376 e. The lowest BCUT2D eigenvalue weighted by molar-refractivity contribution is 0.0439. The Morgan fingerprint density at radius 2 is 2.42 bits per heavy atom. The van der Waals surface area contributed by atoms with Crippen molar-refractivity contribution in [3.8, 4) is 0 Å². The second-order valence-corrected chi connectivity index (χ2v) is 5.32. The molecule has 4 heteroatoms. The molecule has 0 bridgehead atoms. The standard InChI is InChI=1S/C15H25N3O/c1-3-9-19-14-5-4-8-18(11-14)15-10-13(12(2)16)6-7-17-15/h6-7,10,12,14H,3-5,8-9,11,16H2,1-2H3. The molecule has 19 heavy (non-hydrogen) atoms. The van der Waals surface area contributed by atoms with Gasteiger partial charge in [-0.1, -0.05) is 6.92 Å². The normalized spacial score (nSPS) is 21.4. The van der Waals surface area contributed by atoms with Crippen molar-refractivity contribution in [2.24, 2.45) is 5.73 Å². The fourth-order valence-electron chi connectivity index (χ4n) is 2.46. The summed E-state index contributed by atoms with van der Waals surface area (Å²) in [7, 11) is 0. The van der Waals surface area contributed by atoms with Crippen LogP contribution >= 0.6 is 0 Å². The number of hydrogen-bond donors (Lipinski definition) is 1. The molecule has 1 aromatic rings. The molecule has 1 aliphatic rings. The van der Waals surface area contributed by atoms with E-state index >= 15 is 0 Å². The Balaban J connectivity index is 2.02. The quantitative estimate of drug-likeness (QED) is 0.887. The van der Waals surface area contributed by atoms with Crippen LogP contribution in [0.25, 0.3) is 0 Å². The lowest BCUT2D eigenvalue weighted by Gasteiger charge is -2.33. The highest BCUT2D eigenvalue weighted by Gasteiger charge is 2.21. The monoisotopic (exact) mass is 263 g/mol. The van der Waals surface area contributed by atoms with Gasteiger partial charge in [0.25, 0.3) is 0 Å². The average molecular weight is 263 g/mol. The molecule has 2 atom stereocenters. The Hall–Kier alpha value is -1.13. The van der Waals surface area contributed by atoms with E-state index in [1.807, 2.05) is 19.2 Å². The Morgan fingerprint density at radius 1 is 1.58 bits per heavy atom. The fourth-order valence-corrected chi connectivity index (χ4v) is 2.46. The number of piperidine rings is 1. The van der Waals surface area contributed by atoms with Gasteiger partial charge in [0.2, 0.25) is 0 Å². The molecule has 0 saturated carbocycles. The molecule has 2 heterocycles. The highest BCUT2D eigenvalue weighted by molar-refractivity contribution is 5.42. The summed E-state index contributed by atoms with van der Waals surface area (Å²) in [5.41, 5.74) is 7.07. The van der Waals surface area contributed by atoms with Gasteiger partial charge >= 0.3 is 0 Å². The lowest BCUT2D eigenvalue weighted by atomic mass is 10.1. The Bertz CT molecular complexity index is 395. The molecule has 1 saturated heterocycles. The maximum Gasteiger partial charge on any atom is 0.128 e. The number of rotatable bonds is 5. The van der Waals surface area contributed by atoms with E-state index in [0.717, 1.165) is 43.9 Å². The molecule has 106 valence electrons. The first-order valence-corrected chi connectivity index (χ1v) is 7.28. The zero-order valence-electron chi connectivity index (χ0n) is 12.0. The van der Waals surface area contributed by atoms with E-state index < -0.39 is 0 Å². The van der Waals surface area contributed by atoms with Gasteiger partial charge in [0.05, 0.1) is 6.10 Å². The minimum absolute atomic E-state index is 0.0543. The number of ether oxygens (including phenoxy) is 1. The number of pyridine rings is 1. The molecule has 1 fully saturated rings. The van der Waals surface area contributed by atoms with Crippen LogP contribution in [0, 0.1) is 0 Å². The summed E-state index contributed by atoms with van der Waals surface area (Å²) in [6, 6.07) is 4.15. The fraction of sp³-hybridized carbons (Fsp3) is 0.667. The summed E-state index contributed by atoms with van der Waals surface area (Å²) in [6.45, 7) is 7.00. The van der Waals surface area contributed by atoms with Crippen LogP contribution in [0.5, 0.6) is 0 Å². The van der Waals surface area contributed by atoms with Gasteiger partial charge in [-0.2, -0.15) is 0 Å². The van der Waals surface area contributed by atoms with Crippen molar-refractivity contribution in [3.05, 3.63) is 23.9 Å². The summed E-state index contributed by atoms with van der Waals surface area (Å²) < 4.78 is 5.87. The summed E-state index contributed by atoms with van der Waals surface area (Å²) in [6.07, 6.45) is 5.59. The predicted molar refractivity (Wildman–Crippen MR) is 78.3 cm³/mol. The third-order valence-corrected chi connectivity index (χ3v) is 3.56. The van der Waals surface area contributed by atoms with Gasteiger partial charge in [0.1, 0.15) is 5.82 Å². The van der Waals surface area contributed by atoms with Gasteiger partial charge in [0.15, 0.2) is 0 Å². The van der Waals surface area contributed by atoms with E-state index in [4.69, 9.17) is 10.5 Å². The summed E-state index contributed by atoms with van der Waals surface area (Å²) in [4.78, 5) is 6.79. The molecule has 0 radical (unpaired) electrons. The van der Waals surface area contributed by atoms with Crippen LogP contribution in [0.15, 0.2) is 18.3 Å². The number of anilines is 1. The van der Waals surface area contributed by atoms with Gasteiger partial charge in [-0.15, -0.1) is 0 Å². The van der Waals surface area contributed by atoms with Crippen molar-refractivity contribution in [2.75, 3.05) is 24.6 Å². The van der Waals surface area contributed by atoms with Crippen LogP contribution in [0.1, 0.15) is 44.7 Å². The average Bonchev–Trinajstić information content (AvgIpc) is 2.45. The Morgan fingerprint density at radius 3 is 3.16 bits per heavy atom. The van der Waals surface area contributed by atoms with E-state index in [0.29, 0.717) is 6.10 Å². The molecule has 0 aliphatic carbocycles. The van der Waals surface area contributed by atoms with Crippen molar-refractivity contribution in [2.45, 2.75) is 45.3 Å². The molecule has 2 N–H and O–H groups in total. The molecule has 4 nitrogen and oxygen atoms in total. The van der Waals surface area contributed by atoms with E-state index in [2.05, 4.69) is 22.9 Å². The third-order valence-electron chi connectivity index (χ3n) is 3.56. The molecule has 0 amide bonds. The van der Waals surface area contributed by atoms with Crippen molar-refractivity contribution in [1.29, 1.82) is 0 Å². The Kier molecular flexibility index (Phi) is 5.16. The van der Waals surface area contributed by atoms with Crippen molar-refractivity contribution in [1.82, 2.24) is 4.98 Å². The van der Waals surface area contributed by atoms with Crippen molar-refractivity contribution < 1.29 is 4.74 Å². The third kappa shape index (κ3) is 3.91. The van der Waals surface area contributed by atoms with Crippen LogP contribution in [0.2, 0.25) is 0 Å². The molecule has 0 spiro atoms. The maximum absolute atomic E-state index is 5.93. The topological polar surface area (TPSA) is 51.4 Å². The zero-order chi connectivity index (χ0) is 13.7. The van der Waals surface area contributed by atoms with Crippen LogP contribution < -0.4 is 10.6 Å². The molecular formula is C15H25N3O. The summed E-state index contributed by atoms with van der Waals surface area (Å²) in [5, 5.41) is 0. The van der Waals surface area contributed by atoms with Gasteiger partial charge in [0, 0.05) is 31.9 Å². The predicted octanol–water partition coefficient (Wildman–Crippen LogP) is 2.50. The van der Waals surface area contributed by atoms with E-state index in [-0.39, 0.29) is 6.04 Å². The van der Waals surface area contributed by atoms with Gasteiger partial charge in [-0.3, -0.25) is 0 Å². The van der Waals surface area contributed by atoms with E-state index in [9.17, 15) is 0 Å². The van der Waals surface area contributed by atoms with Crippen molar-refractivity contribution in [3.63, 3.8) is 0 Å². The lowest BCUT2D eigenvalue weighted by Crippen LogP contribution is -2.40. The molecule has 1 aliphatic heterocycles. The van der Waals surface area contributed by atoms with E-state index in [1.165, 1.54) is 6.42 Å². The molecular weight excluding hydrogens is 238 g/mol. The highest BCUT2D eigenvalue weighted by atomic mass is 16.5. The number of hydrogen-bond acceptors (Lipinski definition) is 4. The first kappa shape index (κ1) is 14.3. The van der Waals surface area contributed by atoms with Crippen molar-refractivity contribution >= 4 is 5.82 Å². The molecule has 2 rings (SSSR count). The Labute approximate surface area is 116 Å². The summed E-state index contributed by atoms with van der Waals surface area (Å²) in [5.74, 6) is 1.03. The van der Waals surface area contributed by atoms with Gasteiger partial charge < -0.3 is 15.4 Å². The molecule has 0 aromatic carbocycles. The van der Waals surface area contributed by atoms with Crippen LogP contribution in [0.3, 0.4) is 0 Å². The van der Waals surface area contributed by atoms with Crippen LogP contribution in [-0.4, -0.2) is 30.8 Å². The van der Waals surface area contributed by atoms with Gasteiger partial charge in [-0.25, -0.2) is 4.98 Å². The van der Waals surface area contributed by atoms with Crippen LogP contribution in [0.4, 0.5) is 5.82 Å². The van der Waals surface area contributed by atoms with E-state index in [1.54, 1.807) is 0 Å². The summed E-state index contributed by atoms with van der Waals surface area (Å²) >= 11 is 0. The minimum atomic E-state index is 0.0543. The number of nitrogens with two attached hydrogens (primary N) is 1. The molecule has 2 unspecified atom stereocenters. The van der Waals surface area contributed by atoms with Crippen LogP contribution in [-0.2, 0) is 4.74 Å². The number of aromatic nitrogens is 1. The van der Waals surface area contributed by atoms with Gasteiger partial charge in [-0.05, 0) is 43.9 Å². The smallest absolute Gasteiger partial charge is 0.128 e. The number of nitrogens with zero attached hydrogens (tertiary/aromatic N) is 2. The molecule has 1 aromatic heterocycles. The first-order chi connectivity index (χ1) is 9.20. The maximum atomic E-state index is 5.93. The second-order valence-electron chi connectivity index (χ2n) is 5.32.